The minimum absolute atomic E-state index is 0.127. The van der Waals surface area contributed by atoms with E-state index in [1.54, 1.807) is 0 Å². The highest BCUT2D eigenvalue weighted by Crippen LogP contribution is 1.90. The van der Waals surface area contributed by atoms with Crippen LogP contribution in [0.5, 0.6) is 0 Å². The predicted octanol–water partition coefficient (Wildman–Crippen LogP) is -0.222. The average molecular weight is 182 g/mol. The second-order valence-corrected chi connectivity index (χ2v) is 4.47. The van der Waals surface area contributed by atoms with E-state index in [0.717, 1.165) is 6.26 Å². The first-order chi connectivity index (χ1) is 5.06. The summed E-state index contributed by atoms with van der Waals surface area (Å²) in [5, 5.41) is 8.35. The van der Waals surface area contributed by atoms with E-state index in [1.165, 1.54) is 0 Å². The Morgan fingerprint density at radius 2 is 2.00 bits per heavy atom. The molecule has 68 valence electrons. The summed E-state index contributed by atoms with van der Waals surface area (Å²) in [5.74, 6) is -0.224. The molecule has 0 amide bonds. The first-order valence-corrected chi connectivity index (χ1v) is 5.48. The van der Waals surface area contributed by atoms with Crippen LogP contribution < -0.4 is 0 Å². The molecule has 0 bridgehead atoms. The highest BCUT2D eigenvalue weighted by Gasteiger charge is 1.99. The van der Waals surface area contributed by atoms with E-state index in [-0.39, 0.29) is 12.5 Å². The summed E-state index contributed by atoms with van der Waals surface area (Å²) in [6.45, 7) is 0.524. The molecule has 0 aromatic heterocycles. The number of aliphatic hydroxyl groups excluding tert-OH is 1. The van der Waals surface area contributed by atoms with Gasteiger partial charge in [0.15, 0.2) is 9.84 Å². The van der Waals surface area contributed by atoms with Gasteiger partial charge in [-0.2, -0.15) is 0 Å². The number of ether oxygens (including phenoxy) is 1. The van der Waals surface area contributed by atoms with Crippen LogP contribution >= 0.6 is 0 Å². The van der Waals surface area contributed by atoms with E-state index in [0.29, 0.717) is 19.4 Å². The molecule has 0 aliphatic rings. The molecule has 0 aromatic carbocycles. The maximum atomic E-state index is 10.5. The summed E-state index contributed by atoms with van der Waals surface area (Å²) < 4.78 is 25.8. The highest BCUT2D eigenvalue weighted by molar-refractivity contribution is 7.90. The van der Waals surface area contributed by atoms with E-state index >= 15 is 0 Å². The number of sulfone groups is 1. The Labute approximate surface area is 67.1 Å². The minimum atomic E-state index is -3.00. The molecule has 0 unspecified atom stereocenters. The van der Waals surface area contributed by atoms with Crippen molar-refractivity contribution in [1.82, 2.24) is 0 Å². The largest absolute Gasteiger partial charge is 0.396 e. The number of hydrogen-bond donors (Lipinski definition) is 1. The molecule has 0 heterocycles. The standard InChI is InChI=1S/C6H14O4S/c1-11(8,9)6-10-5-3-2-4-7/h7H,2-6H2,1H3. The second-order valence-electron chi connectivity index (χ2n) is 2.38. The third-order valence-electron chi connectivity index (χ3n) is 0.994. The van der Waals surface area contributed by atoms with Crippen molar-refractivity contribution in [2.75, 3.05) is 25.4 Å². The predicted molar refractivity (Wildman–Crippen MR) is 42.0 cm³/mol. The molecule has 0 saturated carbocycles. The molecule has 1 N–H and O–H groups in total. The van der Waals surface area contributed by atoms with Gasteiger partial charge in [-0.1, -0.05) is 0 Å². The number of aliphatic hydroxyl groups is 1. The number of unbranched alkanes of at least 4 members (excludes halogenated alkanes) is 1. The van der Waals surface area contributed by atoms with E-state index in [4.69, 9.17) is 9.84 Å². The fraction of sp³-hybridized carbons (Fsp3) is 1.00. The molecule has 0 aliphatic heterocycles. The minimum Gasteiger partial charge on any atom is -0.396 e. The molecule has 11 heavy (non-hydrogen) atoms. The average Bonchev–Trinajstić information content (AvgIpc) is 1.85. The monoisotopic (exact) mass is 182 g/mol. The van der Waals surface area contributed by atoms with E-state index in [2.05, 4.69) is 0 Å². The lowest BCUT2D eigenvalue weighted by Gasteiger charge is -2.00. The van der Waals surface area contributed by atoms with Crippen LogP contribution in [0.4, 0.5) is 0 Å². The first kappa shape index (κ1) is 10.9. The molecular formula is C6H14O4S. The Morgan fingerprint density at radius 1 is 1.36 bits per heavy atom. The van der Waals surface area contributed by atoms with Crippen molar-refractivity contribution in [2.24, 2.45) is 0 Å². The van der Waals surface area contributed by atoms with Gasteiger partial charge >= 0.3 is 0 Å². The lowest BCUT2D eigenvalue weighted by molar-refractivity contribution is 0.163. The van der Waals surface area contributed by atoms with Crippen LogP contribution in [0.1, 0.15) is 12.8 Å². The Bertz CT molecular complexity index is 173. The quantitative estimate of drug-likeness (QED) is 0.577. The summed E-state index contributed by atoms with van der Waals surface area (Å²) in [6.07, 6.45) is 2.48. The van der Waals surface area contributed by atoms with Crippen molar-refractivity contribution in [1.29, 1.82) is 0 Å². The third-order valence-corrected chi connectivity index (χ3v) is 1.59. The number of hydrogen-bond acceptors (Lipinski definition) is 4. The summed E-state index contributed by atoms with van der Waals surface area (Å²) in [7, 11) is -3.00. The van der Waals surface area contributed by atoms with Crippen molar-refractivity contribution < 1.29 is 18.3 Å². The zero-order valence-electron chi connectivity index (χ0n) is 6.62. The summed E-state index contributed by atoms with van der Waals surface area (Å²) in [4.78, 5) is 0. The highest BCUT2D eigenvalue weighted by atomic mass is 32.2. The summed E-state index contributed by atoms with van der Waals surface area (Å²) in [5.41, 5.74) is 0. The van der Waals surface area contributed by atoms with Gasteiger partial charge in [0, 0.05) is 19.5 Å². The Morgan fingerprint density at radius 3 is 2.45 bits per heavy atom. The van der Waals surface area contributed by atoms with Crippen LogP contribution in [0.3, 0.4) is 0 Å². The SMILES string of the molecule is CS(=O)(=O)COCCCCO. The molecule has 0 atom stereocenters. The van der Waals surface area contributed by atoms with Crippen LogP contribution in [0.25, 0.3) is 0 Å². The summed E-state index contributed by atoms with van der Waals surface area (Å²) >= 11 is 0. The van der Waals surface area contributed by atoms with Gasteiger partial charge in [-0.05, 0) is 12.8 Å². The van der Waals surface area contributed by atoms with Gasteiger partial charge in [0.2, 0.25) is 0 Å². The molecule has 0 aromatic rings. The molecular weight excluding hydrogens is 168 g/mol. The van der Waals surface area contributed by atoms with Crippen LogP contribution in [0, 0.1) is 0 Å². The second kappa shape index (κ2) is 5.51. The first-order valence-electron chi connectivity index (χ1n) is 3.42. The molecule has 0 rings (SSSR count). The zero-order valence-corrected chi connectivity index (χ0v) is 7.43. The van der Waals surface area contributed by atoms with Gasteiger partial charge in [0.25, 0.3) is 0 Å². The van der Waals surface area contributed by atoms with E-state index in [1.807, 2.05) is 0 Å². The Balaban J connectivity index is 3.16. The van der Waals surface area contributed by atoms with Crippen molar-refractivity contribution in [3.05, 3.63) is 0 Å². The van der Waals surface area contributed by atoms with Crippen molar-refractivity contribution >= 4 is 9.84 Å². The van der Waals surface area contributed by atoms with Gasteiger partial charge in [-0.25, -0.2) is 8.42 Å². The van der Waals surface area contributed by atoms with Gasteiger partial charge in [-0.3, -0.25) is 0 Å². The van der Waals surface area contributed by atoms with E-state index in [9.17, 15) is 8.42 Å². The molecule has 4 nitrogen and oxygen atoms in total. The Hall–Kier alpha value is -0.130. The normalized spacial score (nSPS) is 11.8. The maximum Gasteiger partial charge on any atom is 0.171 e. The fourth-order valence-electron chi connectivity index (χ4n) is 0.526. The van der Waals surface area contributed by atoms with Crippen molar-refractivity contribution in [3.63, 3.8) is 0 Å². The van der Waals surface area contributed by atoms with Crippen molar-refractivity contribution in [2.45, 2.75) is 12.8 Å². The molecule has 5 heteroatoms. The van der Waals surface area contributed by atoms with Gasteiger partial charge in [0.1, 0.15) is 5.94 Å². The molecule has 0 saturated heterocycles. The summed E-state index contributed by atoms with van der Waals surface area (Å²) in [6, 6.07) is 0. The van der Waals surface area contributed by atoms with Crippen LogP contribution in [-0.4, -0.2) is 38.9 Å². The lowest BCUT2D eigenvalue weighted by Crippen LogP contribution is -2.08. The topological polar surface area (TPSA) is 63.6 Å². The van der Waals surface area contributed by atoms with Gasteiger partial charge in [-0.15, -0.1) is 0 Å². The smallest absolute Gasteiger partial charge is 0.171 e. The molecule has 0 radical (unpaired) electrons. The maximum absolute atomic E-state index is 10.5. The van der Waals surface area contributed by atoms with Crippen LogP contribution in [0.15, 0.2) is 0 Å². The molecule has 0 aliphatic carbocycles. The molecule has 0 fully saturated rings. The van der Waals surface area contributed by atoms with Crippen molar-refractivity contribution in [3.8, 4) is 0 Å². The molecule has 0 spiro atoms. The number of rotatable bonds is 6. The van der Waals surface area contributed by atoms with Gasteiger partial charge < -0.3 is 9.84 Å². The van der Waals surface area contributed by atoms with Crippen LogP contribution in [-0.2, 0) is 14.6 Å². The Kier molecular flexibility index (Phi) is 5.45. The third kappa shape index (κ3) is 9.87. The zero-order chi connectivity index (χ0) is 8.74. The van der Waals surface area contributed by atoms with E-state index < -0.39 is 9.84 Å². The fourth-order valence-corrected chi connectivity index (χ4v) is 0.947. The van der Waals surface area contributed by atoms with Crippen LogP contribution in [0.2, 0.25) is 0 Å². The van der Waals surface area contributed by atoms with Gasteiger partial charge in [0.05, 0.1) is 0 Å². The lowest BCUT2D eigenvalue weighted by atomic mass is 10.3.